The molecule has 2 rings (SSSR count). The van der Waals surface area contributed by atoms with Crippen LogP contribution in [0.2, 0.25) is 5.02 Å². The minimum atomic E-state index is -0.786. The molecule has 2 N–H and O–H groups in total. The molecule has 1 aromatic carbocycles. The SMILES string of the molecule is O=C(O)C1CN(Cc2ccc(Cl)cc2)CCN1. The Balaban J connectivity index is 1.94. The molecule has 1 aliphatic heterocycles. The summed E-state index contributed by atoms with van der Waals surface area (Å²) in [7, 11) is 0. The van der Waals surface area contributed by atoms with E-state index in [2.05, 4.69) is 10.2 Å². The Morgan fingerprint density at radius 1 is 1.47 bits per heavy atom. The fourth-order valence-electron chi connectivity index (χ4n) is 1.97. The third-order valence-corrected chi connectivity index (χ3v) is 3.13. The molecule has 0 radical (unpaired) electrons. The van der Waals surface area contributed by atoms with Gasteiger partial charge in [-0.3, -0.25) is 9.69 Å². The first-order chi connectivity index (χ1) is 8.15. The summed E-state index contributed by atoms with van der Waals surface area (Å²) >= 11 is 5.82. The number of rotatable bonds is 3. The lowest BCUT2D eigenvalue weighted by molar-refractivity contribution is -0.140. The van der Waals surface area contributed by atoms with Crippen LogP contribution in [0.1, 0.15) is 5.56 Å². The van der Waals surface area contributed by atoms with Crippen molar-refractivity contribution in [2.75, 3.05) is 19.6 Å². The van der Waals surface area contributed by atoms with Crippen molar-refractivity contribution in [1.82, 2.24) is 10.2 Å². The molecule has 1 heterocycles. The van der Waals surface area contributed by atoms with E-state index in [1.807, 2.05) is 24.3 Å². The van der Waals surface area contributed by atoms with Crippen LogP contribution in [-0.4, -0.2) is 41.7 Å². The van der Waals surface area contributed by atoms with Crippen LogP contribution in [0, 0.1) is 0 Å². The van der Waals surface area contributed by atoms with Crippen LogP contribution >= 0.6 is 11.6 Å². The number of halogens is 1. The van der Waals surface area contributed by atoms with Crippen LogP contribution in [0.15, 0.2) is 24.3 Å². The second-order valence-electron chi connectivity index (χ2n) is 4.21. The molecule has 0 spiro atoms. The molecule has 0 bridgehead atoms. The lowest BCUT2D eigenvalue weighted by atomic mass is 10.1. The Labute approximate surface area is 105 Å². The molecule has 0 aliphatic carbocycles. The van der Waals surface area contributed by atoms with Gasteiger partial charge in [-0.1, -0.05) is 23.7 Å². The van der Waals surface area contributed by atoms with E-state index >= 15 is 0 Å². The van der Waals surface area contributed by atoms with Gasteiger partial charge < -0.3 is 10.4 Å². The predicted octanol–water partition coefficient (Wildman–Crippen LogP) is 1.20. The van der Waals surface area contributed by atoms with Crippen LogP contribution in [-0.2, 0) is 11.3 Å². The molecule has 0 saturated carbocycles. The number of benzene rings is 1. The molecule has 1 saturated heterocycles. The maximum Gasteiger partial charge on any atom is 0.322 e. The highest BCUT2D eigenvalue weighted by Crippen LogP contribution is 2.12. The number of nitrogens with zero attached hydrogens (tertiary/aromatic N) is 1. The third-order valence-electron chi connectivity index (χ3n) is 2.88. The van der Waals surface area contributed by atoms with E-state index in [4.69, 9.17) is 16.7 Å². The molecule has 4 nitrogen and oxygen atoms in total. The molecule has 17 heavy (non-hydrogen) atoms. The van der Waals surface area contributed by atoms with Crippen LogP contribution in [0.5, 0.6) is 0 Å². The minimum absolute atomic E-state index is 0.462. The van der Waals surface area contributed by atoms with Crippen molar-refractivity contribution in [2.24, 2.45) is 0 Å². The Hall–Kier alpha value is -1.10. The van der Waals surface area contributed by atoms with Crippen LogP contribution in [0.3, 0.4) is 0 Å². The van der Waals surface area contributed by atoms with Gasteiger partial charge in [0.1, 0.15) is 6.04 Å². The van der Waals surface area contributed by atoms with Gasteiger partial charge >= 0.3 is 5.97 Å². The quantitative estimate of drug-likeness (QED) is 0.851. The second-order valence-corrected chi connectivity index (χ2v) is 4.64. The Bertz CT molecular complexity index is 394. The zero-order chi connectivity index (χ0) is 12.3. The largest absolute Gasteiger partial charge is 0.480 e. The standard InChI is InChI=1S/C12H15ClN2O2/c13-10-3-1-9(2-4-10)7-15-6-5-14-11(8-15)12(16)17/h1-4,11,14H,5-8H2,(H,16,17). The van der Waals surface area contributed by atoms with Crippen LogP contribution in [0.4, 0.5) is 0 Å². The Morgan fingerprint density at radius 3 is 2.82 bits per heavy atom. The van der Waals surface area contributed by atoms with Gasteiger partial charge in [0, 0.05) is 31.2 Å². The van der Waals surface area contributed by atoms with Crippen molar-refractivity contribution >= 4 is 17.6 Å². The van der Waals surface area contributed by atoms with Gasteiger partial charge in [0.15, 0.2) is 0 Å². The van der Waals surface area contributed by atoms with E-state index in [0.29, 0.717) is 13.1 Å². The number of aliphatic carboxylic acids is 1. The van der Waals surface area contributed by atoms with E-state index in [1.165, 1.54) is 0 Å². The smallest absolute Gasteiger partial charge is 0.322 e. The van der Waals surface area contributed by atoms with Crippen molar-refractivity contribution < 1.29 is 9.90 Å². The molecule has 5 heteroatoms. The molecular formula is C12H15ClN2O2. The lowest BCUT2D eigenvalue weighted by Gasteiger charge is -2.31. The third kappa shape index (κ3) is 3.43. The first kappa shape index (κ1) is 12.4. The van der Waals surface area contributed by atoms with Gasteiger partial charge in [0.05, 0.1) is 0 Å². The van der Waals surface area contributed by atoms with Gasteiger partial charge in [-0.2, -0.15) is 0 Å². The monoisotopic (exact) mass is 254 g/mol. The summed E-state index contributed by atoms with van der Waals surface area (Å²) in [6.45, 7) is 2.89. The molecule has 1 aliphatic rings. The molecule has 1 unspecified atom stereocenters. The van der Waals surface area contributed by atoms with Crippen molar-refractivity contribution in [2.45, 2.75) is 12.6 Å². The number of hydrogen-bond acceptors (Lipinski definition) is 3. The fourth-order valence-corrected chi connectivity index (χ4v) is 2.09. The molecule has 0 amide bonds. The number of hydrogen-bond donors (Lipinski definition) is 2. The highest BCUT2D eigenvalue weighted by atomic mass is 35.5. The van der Waals surface area contributed by atoms with Gasteiger partial charge in [0.2, 0.25) is 0 Å². The summed E-state index contributed by atoms with van der Waals surface area (Å²) in [4.78, 5) is 13.0. The van der Waals surface area contributed by atoms with Crippen molar-refractivity contribution in [3.05, 3.63) is 34.9 Å². The van der Waals surface area contributed by atoms with E-state index in [0.717, 1.165) is 23.7 Å². The molecule has 92 valence electrons. The summed E-state index contributed by atoms with van der Waals surface area (Å²) in [6.07, 6.45) is 0. The summed E-state index contributed by atoms with van der Waals surface area (Å²) in [5.41, 5.74) is 1.15. The van der Waals surface area contributed by atoms with Gasteiger partial charge in [0.25, 0.3) is 0 Å². The van der Waals surface area contributed by atoms with Crippen molar-refractivity contribution in [1.29, 1.82) is 0 Å². The highest BCUT2D eigenvalue weighted by molar-refractivity contribution is 6.30. The first-order valence-electron chi connectivity index (χ1n) is 5.58. The number of carboxylic acids is 1. The maximum absolute atomic E-state index is 10.9. The second kappa shape index (κ2) is 5.49. The Morgan fingerprint density at radius 2 is 2.18 bits per heavy atom. The number of piperazine rings is 1. The minimum Gasteiger partial charge on any atom is -0.480 e. The first-order valence-corrected chi connectivity index (χ1v) is 5.96. The molecule has 1 fully saturated rings. The van der Waals surface area contributed by atoms with E-state index in [1.54, 1.807) is 0 Å². The summed E-state index contributed by atoms with van der Waals surface area (Å²) in [5, 5.41) is 12.7. The van der Waals surface area contributed by atoms with Crippen LogP contribution in [0.25, 0.3) is 0 Å². The zero-order valence-corrected chi connectivity index (χ0v) is 10.2. The molecular weight excluding hydrogens is 240 g/mol. The average Bonchev–Trinajstić information content (AvgIpc) is 2.32. The summed E-state index contributed by atoms with van der Waals surface area (Å²) in [6, 6.07) is 7.19. The summed E-state index contributed by atoms with van der Waals surface area (Å²) in [5.74, 6) is -0.786. The van der Waals surface area contributed by atoms with Crippen molar-refractivity contribution in [3.63, 3.8) is 0 Å². The van der Waals surface area contributed by atoms with Crippen molar-refractivity contribution in [3.8, 4) is 0 Å². The van der Waals surface area contributed by atoms with E-state index < -0.39 is 12.0 Å². The fraction of sp³-hybridized carbons (Fsp3) is 0.417. The number of nitrogens with one attached hydrogen (secondary N) is 1. The lowest BCUT2D eigenvalue weighted by Crippen LogP contribution is -2.53. The molecule has 0 aromatic heterocycles. The predicted molar refractivity (Wildman–Crippen MR) is 66.2 cm³/mol. The molecule has 1 atom stereocenters. The normalized spacial score (nSPS) is 21.4. The van der Waals surface area contributed by atoms with E-state index in [-0.39, 0.29) is 0 Å². The maximum atomic E-state index is 10.9. The molecule has 1 aromatic rings. The highest BCUT2D eigenvalue weighted by Gasteiger charge is 2.24. The zero-order valence-electron chi connectivity index (χ0n) is 9.40. The number of carboxylic acid groups (broad SMARTS) is 1. The van der Waals surface area contributed by atoms with E-state index in [9.17, 15) is 4.79 Å². The topological polar surface area (TPSA) is 52.6 Å². The Kier molecular flexibility index (Phi) is 3.99. The van der Waals surface area contributed by atoms with Gasteiger partial charge in [-0.15, -0.1) is 0 Å². The summed E-state index contributed by atoms with van der Waals surface area (Å²) < 4.78 is 0. The van der Waals surface area contributed by atoms with Crippen LogP contribution < -0.4 is 5.32 Å². The number of carbonyl (C=O) groups is 1. The van der Waals surface area contributed by atoms with Gasteiger partial charge in [-0.25, -0.2) is 0 Å². The average molecular weight is 255 g/mol. The van der Waals surface area contributed by atoms with Gasteiger partial charge in [-0.05, 0) is 17.7 Å².